The van der Waals surface area contributed by atoms with Crippen LogP contribution in [0.1, 0.15) is 97.4 Å². The molecule has 2 saturated heterocycles. The summed E-state index contributed by atoms with van der Waals surface area (Å²) in [5, 5.41) is 5.69. The second-order valence-corrected chi connectivity index (χ2v) is 18.2. The van der Waals surface area contributed by atoms with E-state index in [4.69, 9.17) is 28.9 Å². The summed E-state index contributed by atoms with van der Waals surface area (Å²) in [6, 6.07) is 28.0. The average molecular weight is 919 g/mol. The summed E-state index contributed by atoms with van der Waals surface area (Å²) >= 11 is 0. The van der Waals surface area contributed by atoms with Crippen molar-refractivity contribution in [3.63, 3.8) is 0 Å². The number of methoxy groups -OCH3 is 2. The molecule has 4 fully saturated rings. The van der Waals surface area contributed by atoms with Crippen LogP contribution in [0.5, 0.6) is 0 Å². The molecule has 68 heavy (non-hydrogen) atoms. The van der Waals surface area contributed by atoms with Crippen molar-refractivity contribution in [3.05, 3.63) is 131 Å². The van der Waals surface area contributed by atoms with Crippen LogP contribution in [-0.4, -0.2) is 104 Å². The van der Waals surface area contributed by atoms with Gasteiger partial charge in [0.25, 0.3) is 0 Å². The monoisotopic (exact) mass is 918 g/mol. The van der Waals surface area contributed by atoms with Crippen LogP contribution in [0.3, 0.4) is 0 Å². The SMILES string of the molecule is COC1([C@H](NC(=O)OCc2ccccc2)C(=O)N2CCC[C@H]2c2nc3ccc(C#Cc4ccc5nc([C@@H]6CCCN6C(=O)[C@@H](NC(=O)OCc6ccccc6)C6(OC)CC6)[nH]c5c4)cc3[nH]2)CC1. The van der Waals surface area contributed by atoms with Crippen LogP contribution in [-0.2, 0) is 41.8 Å². The van der Waals surface area contributed by atoms with Gasteiger partial charge >= 0.3 is 12.2 Å². The van der Waals surface area contributed by atoms with E-state index in [9.17, 15) is 19.2 Å². The fraction of sp³-hybridized carbons (Fsp3) is 0.385. The Morgan fingerprint density at radius 2 is 1.04 bits per heavy atom. The molecule has 2 aliphatic heterocycles. The van der Waals surface area contributed by atoms with Crippen molar-refractivity contribution in [2.45, 2.75) is 99.9 Å². The van der Waals surface area contributed by atoms with Gasteiger partial charge in [-0.15, -0.1) is 0 Å². The third-order valence-corrected chi connectivity index (χ3v) is 13.8. The highest BCUT2D eigenvalue weighted by Crippen LogP contribution is 2.45. The van der Waals surface area contributed by atoms with Crippen LogP contribution in [0.25, 0.3) is 22.1 Å². The first-order chi connectivity index (χ1) is 33.1. The molecule has 0 spiro atoms. The summed E-state index contributed by atoms with van der Waals surface area (Å²) in [5.74, 6) is 7.48. The van der Waals surface area contributed by atoms with Crippen LogP contribution in [0.4, 0.5) is 9.59 Å². The van der Waals surface area contributed by atoms with Gasteiger partial charge in [0.05, 0.1) is 45.4 Å². The van der Waals surface area contributed by atoms with Crippen LogP contribution in [0, 0.1) is 11.8 Å². The lowest BCUT2D eigenvalue weighted by Crippen LogP contribution is -2.56. The highest BCUT2D eigenvalue weighted by Gasteiger charge is 2.57. The van der Waals surface area contributed by atoms with Crippen LogP contribution < -0.4 is 10.6 Å². The number of alkyl carbamates (subject to hydrolysis) is 2. The number of rotatable bonds is 14. The average Bonchev–Trinajstić information content (AvgIpc) is 3.99. The zero-order chi connectivity index (χ0) is 46.8. The zero-order valence-corrected chi connectivity index (χ0v) is 38.1. The Balaban J connectivity index is 0.807. The maximum Gasteiger partial charge on any atom is 0.408 e. The van der Waals surface area contributed by atoms with Crippen LogP contribution in [0.2, 0.25) is 0 Å². The number of carbonyl (C=O) groups is 4. The van der Waals surface area contributed by atoms with Gasteiger partial charge in [0.2, 0.25) is 11.8 Å². The summed E-state index contributed by atoms with van der Waals surface area (Å²) in [6.07, 6.45) is 4.27. The number of hydrogen-bond donors (Lipinski definition) is 4. The number of imidazole rings is 2. The molecule has 10 rings (SSSR count). The zero-order valence-electron chi connectivity index (χ0n) is 38.1. The van der Waals surface area contributed by atoms with Gasteiger partial charge in [-0.1, -0.05) is 72.5 Å². The van der Waals surface area contributed by atoms with Gasteiger partial charge in [-0.25, -0.2) is 19.6 Å². The standard InChI is InChI=1S/C52H54N8O8/c1-65-51(23-24-51)43(57-49(63)67-31-35-11-5-3-6-12-35)47(61)59-27-9-15-41(59)45-53-37-21-19-33(29-39(37)55-45)17-18-34-20-22-38-40(30-34)56-46(54-38)42-16-10-28-60(42)48(62)44(52(66-2)25-26-52)58-50(64)68-32-36-13-7-4-8-14-36/h3-8,11-14,19-22,29-30,41-44H,9-10,15-16,23-28,31-32H2,1-2H3,(H,53,55)(H,54,56)(H,57,63)(H,58,64)/t41-,42-,43+,44+/m0/s1. The molecule has 0 unspecified atom stereocenters. The second kappa shape index (κ2) is 18.8. The number of H-pyrrole nitrogens is 2. The second-order valence-electron chi connectivity index (χ2n) is 18.2. The Morgan fingerprint density at radius 1 is 0.632 bits per heavy atom. The van der Waals surface area contributed by atoms with E-state index in [2.05, 4.69) is 32.4 Å². The summed E-state index contributed by atoms with van der Waals surface area (Å²) in [4.78, 5) is 75.0. The molecule has 6 aromatic rings. The smallest absolute Gasteiger partial charge is 0.408 e. The Morgan fingerprint density at radius 3 is 1.43 bits per heavy atom. The summed E-state index contributed by atoms with van der Waals surface area (Å²) < 4.78 is 22.7. The highest BCUT2D eigenvalue weighted by atomic mass is 16.6. The van der Waals surface area contributed by atoms with Gasteiger partial charge < -0.3 is 49.3 Å². The quantitative estimate of drug-likeness (QED) is 0.0819. The first kappa shape index (κ1) is 44.6. The molecular formula is C52H54N8O8. The van der Waals surface area contributed by atoms with Crippen molar-refractivity contribution < 1.29 is 38.1 Å². The lowest BCUT2D eigenvalue weighted by atomic mass is 10.1. The van der Waals surface area contributed by atoms with Gasteiger partial charge in [-0.3, -0.25) is 9.59 Å². The predicted octanol–water partition coefficient (Wildman–Crippen LogP) is 7.11. The molecular weight excluding hydrogens is 865 g/mol. The molecule has 0 radical (unpaired) electrons. The Labute approximate surface area is 393 Å². The molecule has 0 bridgehead atoms. The summed E-state index contributed by atoms with van der Waals surface area (Å²) in [5.41, 5.74) is 4.79. The number of fused-ring (bicyclic) bond motifs is 2. The van der Waals surface area contributed by atoms with Crippen molar-refractivity contribution in [3.8, 4) is 11.8 Å². The number of amides is 4. The van der Waals surface area contributed by atoms with Gasteiger partial charge in [-0.05, 0) is 98.9 Å². The maximum atomic E-state index is 14.3. The van der Waals surface area contributed by atoms with Crippen LogP contribution >= 0.6 is 0 Å². The number of nitrogens with one attached hydrogen (secondary N) is 4. The van der Waals surface area contributed by atoms with E-state index in [0.717, 1.165) is 57.2 Å². The molecule has 4 heterocycles. The molecule has 16 heteroatoms. The van der Waals surface area contributed by atoms with E-state index in [0.29, 0.717) is 63.3 Å². The fourth-order valence-electron chi connectivity index (χ4n) is 9.70. The van der Waals surface area contributed by atoms with E-state index in [1.807, 2.05) is 97.1 Å². The number of aromatic amines is 2. The lowest BCUT2D eigenvalue weighted by Gasteiger charge is -2.32. The molecule has 4 atom stereocenters. The highest BCUT2D eigenvalue weighted by molar-refractivity contribution is 5.89. The molecule has 2 saturated carbocycles. The van der Waals surface area contributed by atoms with E-state index >= 15 is 0 Å². The number of carbonyl (C=O) groups excluding carboxylic acids is 4. The van der Waals surface area contributed by atoms with E-state index in [1.165, 1.54) is 0 Å². The van der Waals surface area contributed by atoms with E-state index < -0.39 is 35.5 Å². The molecule has 4 N–H and O–H groups in total. The van der Waals surface area contributed by atoms with Gasteiger partial charge in [0, 0.05) is 38.4 Å². The first-order valence-corrected chi connectivity index (χ1v) is 23.3. The Kier molecular flexibility index (Phi) is 12.3. The third kappa shape index (κ3) is 9.23. The number of nitrogens with zero attached hydrogens (tertiary/aromatic N) is 4. The number of hydrogen-bond acceptors (Lipinski definition) is 10. The lowest BCUT2D eigenvalue weighted by molar-refractivity contribution is -0.139. The Bertz CT molecular complexity index is 2710. The predicted molar refractivity (Wildman–Crippen MR) is 251 cm³/mol. The van der Waals surface area contributed by atoms with Crippen molar-refractivity contribution in [2.75, 3.05) is 27.3 Å². The fourth-order valence-corrected chi connectivity index (χ4v) is 9.70. The maximum absolute atomic E-state index is 14.3. The van der Waals surface area contributed by atoms with Crippen molar-refractivity contribution in [1.29, 1.82) is 0 Å². The molecule has 2 aliphatic carbocycles. The number of ether oxygens (including phenoxy) is 4. The molecule has 350 valence electrons. The summed E-state index contributed by atoms with van der Waals surface area (Å²) in [7, 11) is 3.15. The number of likely N-dealkylation sites (tertiary alicyclic amines) is 2. The van der Waals surface area contributed by atoms with Crippen LogP contribution in [0.15, 0.2) is 97.1 Å². The van der Waals surface area contributed by atoms with Gasteiger partial charge in [0.15, 0.2) is 0 Å². The third-order valence-electron chi connectivity index (χ3n) is 13.8. The minimum Gasteiger partial charge on any atom is -0.445 e. The molecule has 4 amide bonds. The molecule has 2 aromatic heterocycles. The molecule has 4 aromatic carbocycles. The minimum atomic E-state index is -0.905. The van der Waals surface area contributed by atoms with E-state index in [1.54, 1.807) is 24.0 Å². The topological polar surface area (TPSA) is 193 Å². The molecule has 16 nitrogen and oxygen atoms in total. The summed E-state index contributed by atoms with van der Waals surface area (Å²) in [6.45, 7) is 1.22. The number of aromatic nitrogens is 4. The normalized spacial score (nSPS) is 19.7. The van der Waals surface area contributed by atoms with Crippen molar-refractivity contribution >= 4 is 46.1 Å². The largest absolute Gasteiger partial charge is 0.445 e. The van der Waals surface area contributed by atoms with Crippen molar-refractivity contribution in [1.82, 2.24) is 40.4 Å². The van der Waals surface area contributed by atoms with Gasteiger partial charge in [0.1, 0.15) is 36.9 Å². The minimum absolute atomic E-state index is 0.0882. The van der Waals surface area contributed by atoms with Crippen molar-refractivity contribution in [2.24, 2.45) is 0 Å². The van der Waals surface area contributed by atoms with Gasteiger partial charge in [-0.2, -0.15) is 0 Å². The number of benzene rings is 4. The Hall–Kier alpha value is -7.22. The van der Waals surface area contributed by atoms with E-state index in [-0.39, 0.29) is 37.1 Å². The molecule has 4 aliphatic rings. The first-order valence-electron chi connectivity index (χ1n) is 23.3.